The third-order valence-electron chi connectivity index (χ3n) is 16.9. The van der Waals surface area contributed by atoms with Crippen molar-refractivity contribution in [1.82, 2.24) is 31.9 Å². The molecular weight excluding hydrogens is 1160 g/mol. The summed E-state index contributed by atoms with van der Waals surface area (Å²) in [6, 6.07) is -0.0500. The van der Waals surface area contributed by atoms with Gasteiger partial charge in [-0.15, -0.1) is 0 Å². The van der Waals surface area contributed by atoms with E-state index < -0.39 is 117 Å². The molecule has 0 radical (unpaired) electrons. The molecule has 5 amide bonds. The van der Waals surface area contributed by atoms with Gasteiger partial charge in [0.15, 0.2) is 18.9 Å². The highest BCUT2D eigenvalue weighted by Crippen LogP contribution is 2.31. The van der Waals surface area contributed by atoms with Crippen LogP contribution in [0.25, 0.3) is 0 Å². The van der Waals surface area contributed by atoms with Gasteiger partial charge in [0.1, 0.15) is 42.4 Å². The lowest BCUT2D eigenvalue weighted by molar-refractivity contribution is -0.282. The van der Waals surface area contributed by atoms with E-state index >= 15 is 0 Å². The van der Waals surface area contributed by atoms with Crippen molar-refractivity contribution < 1.29 is 103 Å². The molecule has 0 bridgehead atoms. The summed E-state index contributed by atoms with van der Waals surface area (Å²) in [5.74, 6) is -2.15. The molecule has 6 unspecified atom stereocenters. The fraction of sp³-hybridized carbons (Fsp3) is 0.903. The molecule has 3 saturated heterocycles. The van der Waals surface area contributed by atoms with Crippen molar-refractivity contribution in [2.75, 3.05) is 72.4 Å². The number of rotatable bonds is 48. The van der Waals surface area contributed by atoms with Crippen molar-refractivity contribution in [3.05, 3.63) is 0 Å². The van der Waals surface area contributed by atoms with Crippen molar-refractivity contribution in [2.24, 2.45) is 17.8 Å². The molecule has 0 saturated carbocycles. The second-order valence-corrected chi connectivity index (χ2v) is 24.8. The summed E-state index contributed by atoms with van der Waals surface area (Å²) in [6.07, 6.45) is -1.01. The normalized spacial score (nSPS) is 27.8. The number of ether oxygens (including phenoxy) is 6. The largest absolute Gasteiger partial charge is 0.394 e. The van der Waals surface area contributed by atoms with E-state index in [0.29, 0.717) is 175 Å². The molecule has 89 heavy (non-hydrogen) atoms. The van der Waals surface area contributed by atoms with Gasteiger partial charge in [-0.05, 0) is 83.5 Å². The van der Waals surface area contributed by atoms with Crippen molar-refractivity contribution in [1.29, 1.82) is 0 Å². The van der Waals surface area contributed by atoms with Gasteiger partial charge < -0.3 is 106 Å². The molecule has 0 aliphatic carbocycles. The highest BCUT2D eigenvalue weighted by Gasteiger charge is 2.45. The van der Waals surface area contributed by atoms with Gasteiger partial charge in [0.05, 0.1) is 38.1 Å². The van der Waals surface area contributed by atoms with Gasteiger partial charge in [-0.1, -0.05) is 53.9 Å². The van der Waals surface area contributed by atoms with E-state index in [4.69, 9.17) is 28.4 Å². The lowest BCUT2D eigenvalue weighted by Crippen LogP contribution is -2.55. The summed E-state index contributed by atoms with van der Waals surface area (Å²) >= 11 is 0. The number of nitrogens with one attached hydrogen (secondary N) is 6. The Kier molecular flexibility index (Phi) is 40.1. The number of hydrogen-bond donors (Lipinski definition) is 15. The highest BCUT2D eigenvalue weighted by atomic mass is 16.7. The van der Waals surface area contributed by atoms with E-state index in [2.05, 4.69) is 31.9 Å². The number of amides is 5. The molecule has 0 aromatic heterocycles. The number of ketones is 1. The molecule has 27 nitrogen and oxygen atoms in total. The molecule has 15 atom stereocenters. The van der Waals surface area contributed by atoms with Crippen molar-refractivity contribution >= 4 is 35.3 Å². The number of hydrogen-bond acceptors (Lipinski definition) is 22. The molecule has 3 rings (SSSR count). The van der Waals surface area contributed by atoms with E-state index in [1.807, 2.05) is 13.8 Å². The molecule has 0 aromatic rings. The van der Waals surface area contributed by atoms with Crippen LogP contribution in [0.2, 0.25) is 0 Å². The van der Waals surface area contributed by atoms with E-state index in [0.717, 1.165) is 6.42 Å². The number of aliphatic hydroxyl groups is 9. The van der Waals surface area contributed by atoms with E-state index in [1.165, 1.54) is 0 Å². The lowest BCUT2D eigenvalue weighted by atomic mass is 9.81. The Morgan fingerprint density at radius 3 is 0.989 bits per heavy atom. The SMILES string of the molecule is CC(C)NC(CCC(=O)CCCCNC(=O)CCCCCO[C@@H]1OC(CO)[C@H](O)[C@H](O)C1C)(CCC(=O)NCCCNC(=O)CCCCCO[C@@H]1OC(CO)[C@H](O)[C@H](O)C1C)CCC(=O)NCCCNC(=O)CCCCCO[C@@H]1OC(CO)[C@H](O)[C@H](O)C1C. The maximum atomic E-state index is 13.4. The third-order valence-corrected chi connectivity index (χ3v) is 16.9. The van der Waals surface area contributed by atoms with Crippen LogP contribution in [0.5, 0.6) is 0 Å². The smallest absolute Gasteiger partial charge is 0.220 e. The third kappa shape index (κ3) is 30.8. The Bertz CT molecular complexity index is 1790. The Morgan fingerprint density at radius 1 is 0.382 bits per heavy atom. The minimum Gasteiger partial charge on any atom is -0.394 e. The minimum absolute atomic E-state index is 0.0293. The van der Waals surface area contributed by atoms with Crippen molar-refractivity contribution in [2.45, 2.75) is 268 Å². The number of carbonyl (C=O) groups excluding carboxylic acids is 6. The zero-order chi connectivity index (χ0) is 65.7. The van der Waals surface area contributed by atoms with Crippen LogP contribution >= 0.6 is 0 Å². The van der Waals surface area contributed by atoms with Crippen LogP contribution < -0.4 is 31.9 Å². The van der Waals surface area contributed by atoms with Gasteiger partial charge in [-0.25, -0.2) is 0 Å². The number of carbonyl (C=O) groups is 6. The predicted molar refractivity (Wildman–Crippen MR) is 326 cm³/mol. The van der Waals surface area contributed by atoms with Gasteiger partial charge in [0.2, 0.25) is 29.5 Å². The molecule has 518 valence electrons. The quantitative estimate of drug-likeness (QED) is 0.0360. The first-order chi connectivity index (χ1) is 42.6. The second-order valence-electron chi connectivity index (χ2n) is 24.8. The van der Waals surface area contributed by atoms with Gasteiger partial charge in [0.25, 0.3) is 0 Å². The highest BCUT2D eigenvalue weighted by molar-refractivity contribution is 5.79. The average Bonchev–Trinajstić information content (AvgIpc) is 1.78. The molecule has 15 N–H and O–H groups in total. The number of aliphatic hydroxyl groups excluding tert-OH is 9. The summed E-state index contributed by atoms with van der Waals surface area (Å²) < 4.78 is 34.0. The number of unbranched alkanes of at least 4 members (excludes halogenated alkanes) is 7. The Balaban J connectivity index is 1.39. The summed E-state index contributed by atoms with van der Waals surface area (Å²) in [5.41, 5.74) is -0.746. The maximum Gasteiger partial charge on any atom is 0.220 e. The molecule has 3 heterocycles. The van der Waals surface area contributed by atoms with Gasteiger partial charge in [-0.3, -0.25) is 28.8 Å². The zero-order valence-electron chi connectivity index (χ0n) is 53.7. The predicted octanol–water partition coefficient (Wildman–Crippen LogP) is 0.121. The topological polar surface area (TPSA) is 412 Å². The van der Waals surface area contributed by atoms with E-state index in [9.17, 15) is 74.7 Å². The van der Waals surface area contributed by atoms with Crippen LogP contribution in [-0.2, 0) is 57.2 Å². The van der Waals surface area contributed by atoms with Gasteiger partial charge in [0, 0.05) is 127 Å². The Labute approximate surface area is 526 Å². The Morgan fingerprint density at radius 2 is 0.674 bits per heavy atom. The first-order valence-corrected chi connectivity index (χ1v) is 32.9. The molecule has 0 spiro atoms. The fourth-order valence-corrected chi connectivity index (χ4v) is 11.1. The second kappa shape index (κ2) is 44.8. The standard InChI is InChI=1S/C62H114N6O21/c1-40(2)68-62(26-23-44(72)19-12-13-29-63-48(73)20-9-6-14-34-84-59-41(3)53(78)56(81)45(37-69)87-59,27-24-51(76)66-32-17-30-64-49(74)21-10-7-15-35-85-60-42(4)54(79)57(82)46(38-70)88-60)28-25-52(77)67-33-18-31-65-50(75)22-11-8-16-36-86-61-43(5)55(80)58(83)47(39-71)89-61/h40-43,45-47,53-61,68-71,78-83H,6-39H2,1-5H3,(H,63,73)(H,64,74)(H,65,75)(H,66,76)(H,67,77)/t41?,42?,43?,45?,46?,47?,53-,54-,55-,56+,57+,58+,59-,60-,61-,62?/m1/s1. The van der Waals surface area contributed by atoms with Crippen LogP contribution in [0, 0.1) is 17.8 Å². The summed E-state index contributed by atoms with van der Waals surface area (Å²) in [7, 11) is 0. The van der Waals surface area contributed by atoms with Crippen LogP contribution in [0.1, 0.15) is 182 Å². The summed E-state index contributed by atoms with van der Waals surface area (Å²) in [6.45, 7) is 10.5. The maximum absolute atomic E-state index is 13.4. The van der Waals surface area contributed by atoms with Crippen LogP contribution in [0.15, 0.2) is 0 Å². The molecule has 3 fully saturated rings. The molecule has 3 aliphatic heterocycles. The van der Waals surface area contributed by atoms with Gasteiger partial charge >= 0.3 is 0 Å². The summed E-state index contributed by atoms with van der Waals surface area (Å²) in [4.78, 5) is 77.7. The molecular formula is C62H114N6O21. The number of Topliss-reactive ketones (excluding diaryl/α,β-unsaturated/α-hetero) is 1. The lowest BCUT2D eigenvalue weighted by Gasteiger charge is -2.40. The first kappa shape index (κ1) is 79.6. The minimum atomic E-state index is -1.20. The van der Waals surface area contributed by atoms with Crippen molar-refractivity contribution in [3.8, 4) is 0 Å². The molecule has 0 aromatic carbocycles. The van der Waals surface area contributed by atoms with E-state index in [1.54, 1.807) is 20.8 Å². The average molecular weight is 1280 g/mol. The van der Waals surface area contributed by atoms with E-state index in [-0.39, 0.29) is 60.6 Å². The van der Waals surface area contributed by atoms with Crippen LogP contribution in [0.4, 0.5) is 0 Å². The van der Waals surface area contributed by atoms with Crippen LogP contribution in [0.3, 0.4) is 0 Å². The monoisotopic (exact) mass is 1280 g/mol. The van der Waals surface area contributed by atoms with Gasteiger partial charge in [-0.2, -0.15) is 0 Å². The first-order valence-electron chi connectivity index (χ1n) is 32.9. The fourth-order valence-electron chi connectivity index (χ4n) is 11.1. The molecule has 3 aliphatic rings. The summed E-state index contributed by atoms with van der Waals surface area (Å²) in [5, 5.41) is 107. The zero-order valence-corrected chi connectivity index (χ0v) is 53.7. The van der Waals surface area contributed by atoms with Crippen LogP contribution in [-0.4, -0.2) is 239 Å². The molecule has 27 heteroatoms. The Hall–Kier alpha value is -3.62. The van der Waals surface area contributed by atoms with Crippen molar-refractivity contribution in [3.63, 3.8) is 0 Å².